The first kappa shape index (κ1) is 20.2. The van der Waals surface area contributed by atoms with Crippen LogP contribution in [0.4, 0.5) is 0 Å². The zero-order valence-corrected chi connectivity index (χ0v) is 18.3. The van der Waals surface area contributed by atoms with Crippen molar-refractivity contribution in [1.29, 1.82) is 0 Å². The summed E-state index contributed by atoms with van der Waals surface area (Å²) in [6, 6.07) is 32.3. The fourth-order valence-electron chi connectivity index (χ4n) is 3.73. The summed E-state index contributed by atoms with van der Waals surface area (Å²) in [6.45, 7) is 0. The SMILES string of the molecule is COC(CCP(Br)(c1ccccc1)(c1ccccc1)c1ccccc1)OC. The first-order valence-electron chi connectivity index (χ1n) is 9.08. The van der Waals surface area contributed by atoms with Crippen molar-refractivity contribution < 1.29 is 9.47 Å². The van der Waals surface area contributed by atoms with Crippen LogP contribution in [0.5, 0.6) is 0 Å². The molecule has 0 aromatic heterocycles. The molecule has 3 rings (SSSR count). The molecule has 0 fully saturated rings. The van der Waals surface area contributed by atoms with Crippen LogP contribution in [0.25, 0.3) is 0 Å². The van der Waals surface area contributed by atoms with Gasteiger partial charge in [-0.15, -0.1) is 0 Å². The predicted molar refractivity (Wildman–Crippen MR) is 121 cm³/mol. The molecule has 3 aromatic carbocycles. The van der Waals surface area contributed by atoms with E-state index in [2.05, 4.69) is 106 Å². The molecular weight excluding hydrogens is 419 g/mol. The molecule has 0 aliphatic carbocycles. The van der Waals surface area contributed by atoms with Gasteiger partial charge < -0.3 is 0 Å². The van der Waals surface area contributed by atoms with Crippen molar-refractivity contribution >= 4 is 36.7 Å². The topological polar surface area (TPSA) is 18.5 Å². The number of hydrogen-bond acceptors (Lipinski definition) is 2. The van der Waals surface area contributed by atoms with Crippen molar-refractivity contribution in [3.8, 4) is 0 Å². The molecule has 0 saturated heterocycles. The Balaban J connectivity index is 2.29. The van der Waals surface area contributed by atoms with E-state index in [4.69, 9.17) is 9.47 Å². The molecule has 0 atom stereocenters. The molecule has 0 N–H and O–H groups in total. The number of methoxy groups -OCH3 is 2. The molecule has 0 amide bonds. The van der Waals surface area contributed by atoms with E-state index in [9.17, 15) is 0 Å². The molecule has 4 heteroatoms. The Bertz CT molecular complexity index is 737. The number of ether oxygens (including phenoxy) is 2. The molecule has 0 bridgehead atoms. The first-order valence-corrected chi connectivity index (χ1v) is 13.5. The van der Waals surface area contributed by atoms with Crippen molar-refractivity contribution in [2.24, 2.45) is 0 Å². The quantitative estimate of drug-likeness (QED) is 0.365. The van der Waals surface area contributed by atoms with Gasteiger partial charge in [0.2, 0.25) is 0 Å². The van der Waals surface area contributed by atoms with Gasteiger partial charge in [-0.25, -0.2) is 0 Å². The minimum absolute atomic E-state index is 0.236. The molecule has 0 unspecified atom stereocenters. The summed E-state index contributed by atoms with van der Waals surface area (Å²) >= 11 is 4.42. The Kier molecular flexibility index (Phi) is 6.49. The number of benzene rings is 3. The Hall–Kier alpha value is -1.51. The third kappa shape index (κ3) is 3.75. The van der Waals surface area contributed by atoms with Crippen LogP contribution in [0, 0.1) is 0 Å². The fraction of sp³-hybridized carbons (Fsp3) is 0.217. The van der Waals surface area contributed by atoms with Gasteiger partial charge in [0.25, 0.3) is 0 Å². The maximum atomic E-state index is 5.53. The van der Waals surface area contributed by atoms with E-state index >= 15 is 0 Å². The molecule has 0 heterocycles. The zero-order valence-electron chi connectivity index (χ0n) is 15.8. The third-order valence-corrected chi connectivity index (χ3v) is 15.2. The van der Waals surface area contributed by atoms with Gasteiger partial charge >= 0.3 is 170 Å². The van der Waals surface area contributed by atoms with Crippen molar-refractivity contribution in [3.63, 3.8) is 0 Å². The fourth-order valence-corrected chi connectivity index (χ4v) is 11.2. The summed E-state index contributed by atoms with van der Waals surface area (Å²) in [5.74, 6) is 0. The average Bonchev–Trinajstić information content (AvgIpc) is 2.76. The van der Waals surface area contributed by atoms with Crippen LogP contribution in [0.3, 0.4) is 0 Å². The van der Waals surface area contributed by atoms with E-state index in [1.807, 2.05) is 0 Å². The van der Waals surface area contributed by atoms with Crippen LogP contribution in [0.1, 0.15) is 6.42 Å². The normalized spacial score (nSPS) is 13.3. The summed E-state index contributed by atoms with van der Waals surface area (Å²) in [5.41, 5.74) is 0. The van der Waals surface area contributed by atoms with Crippen LogP contribution >= 0.6 is 20.8 Å². The summed E-state index contributed by atoms with van der Waals surface area (Å²) < 4.78 is 11.1. The predicted octanol–water partition coefficient (Wildman–Crippen LogP) is 4.84. The van der Waals surface area contributed by atoms with Gasteiger partial charge in [0.1, 0.15) is 0 Å². The van der Waals surface area contributed by atoms with Crippen molar-refractivity contribution in [2.45, 2.75) is 12.7 Å². The Morgan fingerprint density at radius 3 is 1.30 bits per heavy atom. The summed E-state index contributed by atoms with van der Waals surface area (Å²) in [6.07, 6.45) is 1.45. The van der Waals surface area contributed by atoms with Gasteiger partial charge in [0.05, 0.1) is 0 Å². The van der Waals surface area contributed by atoms with Crippen molar-refractivity contribution in [1.82, 2.24) is 0 Å². The van der Waals surface area contributed by atoms with E-state index in [-0.39, 0.29) is 6.29 Å². The molecular formula is C23H26BrO2P. The van der Waals surface area contributed by atoms with Gasteiger partial charge in [-0.05, 0) is 0 Å². The minimum atomic E-state index is -2.88. The monoisotopic (exact) mass is 444 g/mol. The van der Waals surface area contributed by atoms with E-state index in [1.54, 1.807) is 14.2 Å². The van der Waals surface area contributed by atoms with Gasteiger partial charge in [-0.3, -0.25) is 0 Å². The molecule has 2 nitrogen and oxygen atoms in total. The third-order valence-electron chi connectivity index (χ3n) is 5.19. The molecule has 3 aromatic rings. The summed E-state index contributed by atoms with van der Waals surface area (Å²) in [5, 5.41) is 1.06. The standard InChI is InChI=1S/C23H26BrO2P/c1-25-23(26-2)18-19-27(24,20-12-6-3-7-13-20,21-14-8-4-9-15-21)22-16-10-5-11-17-22/h3-17,23H,18-19H2,1-2H3. The number of halogens is 1. The maximum absolute atomic E-state index is 5.53. The molecule has 142 valence electrons. The van der Waals surface area contributed by atoms with Crippen LogP contribution < -0.4 is 15.9 Å². The Morgan fingerprint density at radius 2 is 1.00 bits per heavy atom. The number of rotatable bonds is 8. The van der Waals surface area contributed by atoms with Crippen LogP contribution in [-0.4, -0.2) is 26.7 Å². The Morgan fingerprint density at radius 1 is 0.667 bits per heavy atom. The van der Waals surface area contributed by atoms with Crippen LogP contribution in [0.15, 0.2) is 91.0 Å². The molecule has 0 aliphatic rings. The summed E-state index contributed by atoms with van der Waals surface area (Å²) in [4.78, 5) is 0. The molecule has 0 radical (unpaired) electrons. The van der Waals surface area contributed by atoms with E-state index < -0.39 is 5.31 Å². The second-order valence-corrected chi connectivity index (χ2v) is 15.7. The van der Waals surface area contributed by atoms with Gasteiger partial charge in [0.15, 0.2) is 0 Å². The van der Waals surface area contributed by atoms with E-state index in [0.717, 1.165) is 12.6 Å². The van der Waals surface area contributed by atoms with Gasteiger partial charge in [-0.2, -0.15) is 0 Å². The average molecular weight is 445 g/mol. The Labute approximate surface area is 170 Å². The molecule has 0 aliphatic heterocycles. The summed E-state index contributed by atoms with van der Waals surface area (Å²) in [7, 11) is 3.40. The van der Waals surface area contributed by atoms with Gasteiger partial charge in [0, 0.05) is 0 Å². The molecule has 27 heavy (non-hydrogen) atoms. The van der Waals surface area contributed by atoms with Crippen LogP contribution in [0.2, 0.25) is 0 Å². The van der Waals surface area contributed by atoms with Crippen molar-refractivity contribution in [2.75, 3.05) is 20.4 Å². The second-order valence-electron chi connectivity index (χ2n) is 6.60. The molecule has 0 spiro atoms. The molecule has 0 saturated carbocycles. The van der Waals surface area contributed by atoms with Crippen LogP contribution in [-0.2, 0) is 9.47 Å². The zero-order chi connectivity index (χ0) is 19.2. The first-order chi connectivity index (χ1) is 13.1. The second kappa shape index (κ2) is 8.67. The van der Waals surface area contributed by atoms with Gasteiger partial charge in [-0.1, -0.05) is 0 Å². The van der Waals surface area contributed by atoms with Crippen molar-refractivity contribution in [3.05, 3.63) is 91.0 Å². The van der Waals surface area contributed by atoms with E-state index in [1.165, 1.54) is 15.9 Å². The number of hydrogen-bond donors (Lipinski definition) is 0. The van der Waals surface area contributed by atoms with E-state index in [0.29, 0.717) is 0 Å².